The summed E-state index contributed by atoms with van der Waals surface area (Å²) in [6, 6.07) is 4.15. The fourth-order valence-electron chi connectivity index (χ4n) is 2.03. The van der Waals surface area contributed by atoms with Crippen LogP contribution in [0.1, 0.15) is 23.2 Å². The van der Waals surface area contributed by atoms with Crippen LogP contribution in [0, 0.1) is 5.82 Å². The minimum absolute atomic E-state index is 0.0481. The maximum atomic E-state index is 12.9. The molecule has 17 heavy (non-hydrogen) atoms. The molecule has 1 saturated heterocycles. The smallest absolute Gasteiger partial charge is 0.255 e. The van der Waals surface area contributed by atoms with E-state index in [-0.39, 0.29) is 17.8 Å². The van der Waals surface area contributed by atoms with Crippen LogP contribution in [0.4, 0.5) is 4.39 Å². The molecule has 0 aliphatic carbocycles. The molecule has 0 aromatic heterocycles. The molecule has 0 spiro atoms. The van der Waals surface area contributed by atoms with E-state index in [1.54, 1.807) is 4.90 Å². The number of halogens is 2. The molecule has 1 heterocycles. The van der Waals surface area contributed by atoms with Gasteiger partial charge in [0.05, 0.1) is 5.56 Å². The number of hydrogen-bond acceptors (Lipinski definition) is 2. The van der Waals surface area contributed by atoms with Gasteiger partial charge in [0.15, 0.2) is 0 Å². The van der Waals surface area contributed by atoms with Gasteiger partial charge in [0.2, 0.25) is 0 Å². The fourth-order valence-corrected chi connectivity index (χ4v) is 2.55. The molecule has 1 aromatic rings. The van der Waals surface area contributed by atoms with E-state index in [9.17, 15) is 9.18 Å². The second-order valence-corrected chi connectivity index (χ2v) is 5.13. The van der Waals surface area contributed by atoms with Gasteiger partial charge >= 0.3 is 0 Å². The lowest BCUT2D eigenvalue weighted by Gasteiger charge is -2.31. The molecule has 2 rings (SSSR count). The molecular weight excluding hydrogens is 287 g/mol. The highest BCUT2D eigenvalue weighted by molar-refractivity contribution is 9.10. The largest absolute Gasteiger partial charge is 0.337 e. The Labute approximate surface area is 108 Å². The van der Waals surface area contributed by atoms with Crippen molar-refractivity contribution in [1.82, 2.24) is 4.90 Å². The lowest BCUT2D eigenvalue weighted by molar-refractivity contribution is 0.0708. The highest BCUT2D eigenvalue weighted by Gasteiger charge is 2.23. The molecule has 92 valence electrons. The number of nitrogens with zero attached hydrogens (tertiary/aromatic N) is 1. The van der Waals surface area contributed by atoms with Crippen molar-refractivity contribution < 1.29 is 9.18 Å². The van der Waals surface area contributed by atoms with E-state index in [2.05, 4.69) is 15.9 Å². The third kappa shape index (κ3) is 2.84. The van der Waals surface area contributed by atoms with Crippen LogP contribution in [0.3, 0.4) is 0 Å². The van der Waals surface area contributed by atoms with Crippen LogP contribution in [0.2, 0.25) is 0 Å². The predicted molar refractivity (Wildman–Crippen MR) is 67.2 cm³/mol. The molecule has 2 N–H and O–H groups in total. The summed E-state index contributed by atoms with van der Waals surface area (Å²) in [4.78, 5) is 13.9. The standard InChI is InChI=1S/C12H14BrFN2O/c13-11-6-8(14)3-4-10(11)12(17)16-5-1-2-9(15)7-16/h3-4,6,9H,1-2,5,7,15H2. The predicted octanol–water partition coefficient (Wildman–Crippen LogP) is 2.15. The summed E-state index contributed by atoms with van der Waals surface area (Å²) >= 11 is 3.21. The number of likely N-dealkylation sites (tertiary alicyclic amines) is 1. The summed E-state index contributed by atoms with van der Waals surface area (Å²) in [5.41, 5.74) is 6.32. The Bertz CT molecular complexity index is 439. The first-order valence-corrected chi connectivity index (χ1v) is 6.37. The van der Waals surface area contributed by atoms with Gasteiger partial charge in [-0.25, -0.2) is 4.39 Å². The third-order valence-corrected chi connectivity index (χ3v) is 3.56. The van der Waals surface area contributed by atoms with E-state index in [0.29, 0.717) is 16.6 Å². The van der Waals surface area contributed by atoms with Crippen molar-refractivity contribution in [3.63, 3.8) is 0 Å². The zero-order valence-electron chi connectivity index (χ0n) is 9.33. The second kappa shape index (κ2) is 5.14. The van der Waals surface area contributed by atoms with E-state index >= 15 is 0 Å². The average molecular weight is 301 g/mol. The van der Waals surface area contributed by atoms with Crippen molar-refractivity contribution >= 4 is 21.8 Å². The number of benzene rings is 1. The molecule has 1 fully saturated rings. The molecule has 3 nitrogen and oxygen atoms in total. The van der Waals surface area contributed by atoms with Gasteiger partial charge in [-0.05, 0) is 47.0 Å². The Kier molecular flexibility index (Phi) is 3.79. The highest BCUT2D eigenvalue weighted by atomic mass is 79.9. The summed E-state index contributed by atoms with van der Waals surface area (Å²) in [6.45, 7) is 1.29. The number of nitrogens with two attached hydrogens (primary N) is 1. The van der Waals surface area contributed by atoms with Crippen LogP contribution in [-0.4, -0.2) is 29.9 Å². The number of piperidine rings is 1. The van der Waals surface area contributed by atoms with Gasteiger partial charge in [-0.1, -0.05) is 0 Å². The maximum Gasteiger partial charge on any atom is 0.255 e. The van der Waals surface area contributed by atoms with Gasteiger partial charge in [0.1, 0.15) is 5.82 Å². The fraction of sp³-hybridized carbons (Fsp3) is 0.417. The quantitative estimate of drug-likeness (QED) is 0.864. The van der Waals surface area contributed by atoms with Crippen molar-refractivity contribution in [2.45, 2.75) is 18.9 Å². The zero-order valence-corrected chi connectivity index (χ0v) is 10.9. The first kappa shape index (κ1) is 12.5. The lowest BCUT2D eigenvalue weighted by atomic mass is 10.1. The second-order valence-electron chi connectivity index (χ2n) is 4.28. The Balaban J connectivity index is 2.18. The summed E-state index contributed by atoms with van der Waals surface area (Å²) in [6.07, 6.45) is 1.88. The molecule has 1 aromatic carbocycles. The van der Waals surface area contributed by atoms with Crippen LogP contribution in [0.15, 0.2) is 22.7 Å². The molecule has 0 bridgehead atoms. The number of carbonyl (C=O) groups excluding carboxylic acids is 1. The molecule has 5 heteroatoms. The van der Waals surface area contributed by atoms with E-state index < -0.39 is 0 Å². The van der Waals surface area contributed by atoms with E-state index in [4.69, 9.17) is 5.73 Å². The minimum Gasteiger partial charge on any atom is -0.337 e. The Morgan fingerprint density at radius 1 is 1.53 bits per heavy atom. The molecule has 0 radical (unpaired) electrons. The van der Waals surface area contributed by atoms with Gasteiger partial charge in [-0.15, -0.1) is 0 Å². The Morgan fingerprint density at radius 2 is 2.29 bits per heavy atom. The van der Waals surface area contributed by atoms with Gasteiger partial charge in [0.25, 0.3) is 5.91 Å². The molecule has 1 aliphatic rings. The minimum atomic E-state index is -0.358. The number of hydrogen-bond donors (Lipinski definition) is 1. The number of rotatable bonds is 1. The first-order valence-electron chi connectivity index (χ1n) is 5.58. The van der Waals surface area contributed by atoms with Crippen LogP contribution >= 0.6 is 15.9 Å². The van der Waals surface area contributed by atoms with Crippen molar-refractivity contribution in [1.29, 1.82) is 0 Å². The van der Waals surface area contributed by atoms with Crippen molar-refractivity contribution in [3.8, 4) is 0 Å². The third-order valence-electron chi connectivity index (χ3n) is 2.91. The molecule has 1 amide bonds. The van der Waals surface area contributed by atoms with Gasteiger partial charge < -0.3 is 10.6 Å². The number of carbonyl (C=O) groups is 1. The number of amides is 1. The molecule has 0 saturated carbocycles. The van der Waals surface area contributed by atoms with Crippen LogP contribution in [0.5, 0.6) is 0 Å². The van der Waals surface area contributed by atoms with Gasteiger partial charge in [0, 0.05) is 23.6 Å². The Morgan fingerprint density at radius 3 is 2.94 bits per heavy atom. The van der Waals surface area contributed by atoms with E-state index in [1.807, 2.05) is 0 Å². The van der Waals surface area contributed by atoms with Crippen molar-refractivity contribution in [3.05, 3.63) is 34.1 Å². The Hall–Kier alpha value is -0.940. The van der Waals surface area contributed by atoms with Gasteiger partial charge in [-0.3, -0.25) is 4.79 Å². The SMILES string of the molecule is NC1CCCN(C(=O)c2ccc(F)cc2Br)C1. The van der Waals surface area contributed by atoms with E-state index in [1.165, 1.54) is 18.2 Å². The summed E-state index contributed by atoms with van der Waals surface area (Å²) in [5.74, 6) is -0.448. The van der Waals surface area contributed by atoms with E-state index in [0.717, 1.165) is 19.4 Å². The van der Waals surface area contributed by atoms with Crippen molar-refractivity contribution in [2.75, 3.05) is 13.1 Å². The average Bonchev–Trinajstić information content (AvgIpc) is 2.28. The monoisotopic (exact) mass is 300 g/mol. The molecule has 1 unspecified atom stereocenters. The van der Waals surface area contributed by atoms with Crippen LogP contribution < -0.4 is 5.73 Å². The van der Waals surface area contributed by atoms with Crippen LogP contribution in [0.25, 0.3) is 0 Å². The zero-order chi connectivity index (χ0) is 12.4. The van der Waals surface area contributed by atoms with Gasteiger partial charge in [-0.2, -0.15) is 0 Å². The summed E-state index contributed by atoms with van der Waals surface area (Å²) in [5, 5.41) is 0. The first-order chi connectivity index (χ1) is 8.08. The maximum absolute atomic E-state index is 12.9. The molecule has 1 aliphatic heterocycles. The van der Waals surface area contributed by atoms with Crippen LogP contribution in [-0.2, 0) is 0 Å². The normalized spacial score (nSPS) is 20.4. The highest BCUT2D eigenvalue weighted by Crippen LogP contribution is 2.21. The molecular formula is C12H14BrFN2O. The lowest BCUT2D eigenvalue weighted by Crippen LogP contribution is -2.45. The van der Waals surface area contributed by atoms with Crippen molar-refractivity contribution in [2.24, 2.45) is 5.73 Å². The molecule has 1 atom stereocenters. The summed E-state index contributed by atoms with van der Waals surface area (Å²) < 4.78 is 13.4. The summed E-state index contributed by atoms with van der Waals surface area (Å²) in [7, 11) is 0. The topological polar surface area (TPSA) is 46.3 Å².